The van der Waals surface area contributed by atoms with Crippen molar-refractivity contribution in [1.82, 2.24) is 14.8 Å². The second kappa shape index (κ2) is 11.4. The van der Waals surface area contributed by atoms with E-state index in [1.165, 1.54) is 23.6 Å². The van der Waals surface area contributed by atoms with Gasteiger partial charge in [-0.2, -0.15) is 0 Å². The molecule has 0 radical (unpaired) electrons. The number of benzene rings is 2. The molecule has 1 spiro atoms. The maximum Gasteiger partial charge on any atom is 0.170 e. The van der Waals surface area contributed by atoms with Crippen molar-refractivity contribution in [2.75, 3.05) is 51.8 Å². The molecule has 2 aromatic carbocycles. The highest BCUT2D eigenvalue weighted by atomic mass is 16.5. The number of likely N-dealkylation sites (N-methyl/N-ethyl adjacent to an activating group) is 1. The number of methoxy groups -OCH3 is 1. The molecule has 6 heterocycles. The first-order chi connectivity index (χ1) is 24.8. The van der Waals surface area contributed by atoms with Crippen LogP contribution >= 0.6 is 0 Å². The number of piperidine rings is 1. The van der Waals surface area contributed by atoms with E-state index in [0.29, 0.717) is 13.0 Å². The highest BCUT2D eigenvalue weighted by Crippen LogP contribution is 2.67. The number of aromatic nitrogens is 1. The minimum absolute atomic E-state index is 0.0944. The molecular weight excluding hydrogens is 652 g/mol. The SMILES string of the molecule is CC[C@]1(O)C[C@H]2CN(CCc3c([nH]c4ccccc34)[C@@](C)(c3cc4c(cc3OC)N(C)C3[C@]45CCN4CC=C[C@](CC)([C@@H]45)[C@@H](O)[C@]3(O)C(C)=O)C2)C1. The number of hydrogen-bond donors (Lipinski definition) is 4. The molecule has 52 heavy (non-hydrogen) atoms. The van der Waals surface area contributed by atoms with Gasteiger partial charge in [0.25, 0.3) is 0 Å². The van der Waals surface area contributed by atoms with Gasteiger partial charge >= 0.3 is 0 Å². The van der Waals surface area contributed by atoms with Crippen LogP contribution in [0.4, 0.5) is 5.69 Å². The lowest BCUT2D eigenvalue weighted by molar-refractivity contribution is -0.200. The van der Waals surface area contributed by atoms with Crippen molar-refractivity contribution >= 4 is 22.4 Å². The van der Waals surface area contributed by atoms with E-state index in [9.17, 15) is 20.1 Å². The highest BCUT2D eigenvalue weighted by Gasteiger charge is 2.78. The van der Waals surface area contributed by atoms with Crippen molar-refractivity contribution in [2.24, 2.45) is 11.3 Å². The summed E-state index contributed by atoms with van der Waals surface area (Å²) in [7, 11) is 3.73. The smallest absolute Gasteiger partial charge is 0.170 e. The molecule has 3 aromatic rings. The lowest BCUT2D eigenvalue weighted by Crippen LogP contribution is -2.80. The van der Waals surface area contributed by atoms with Crippen LogP contribution in [0, 0.1) is 11.3 Å². The van der Waals surface area contributed by atoms with E-state index >= 15 is 0 Å². The quantitative estimate of drug-likeness (QED) is 0.283. The number of fused-ring (bicyclic) bond motifs is 6. The van der Waals surface area contributed by atoms with Crippen molar-refractivity contribution in [3.05, 3.63) is 70.9 Å². The first-order valence-electron chi connectivity index (χ1n) is 19.6. The summed E-state index contributed by atoms with van der Waals surface area (Å²) in [6, 6.07) is 12.4. The third-order valence-electron chi connectivity index (χ3n) is 15.2. The molecule has 9 heteroatoms. The van der Waals surface area contributed by atoms with Crippen molar-refractivity contribution in [3.8, 4) is 5.75 Å². The number of ketones is 1. The van der Waals surface area contributed by atoms with Gasteiger partial charge in [0, 0.05) is 89.4 Å². The van der Waals surface area contributed by atoms with Gasteiger partial charge < -0.3 is 29.9 Å². The largest absolute Gasteiger partial charge is 0.496 e. The van der Waals surface area contributed by atoms with E-state index in [4.69, 9.17) is 4.74 Å². The van der Waals surface area contributed by atoms with Gasteiger partial charge in [0.2, 0.25) is 0 Å². The predicted octanol–water partition coefficient (Wildman–Crippen LogP) is 4.68. The Kier molecular flexibility index (Phi) is 7.58. The van der Waals surface area contributed by atoms with Gasteiger partial charge in [-0.3, -0.25) is 14.6 Å². The zero-order chi connectivity index (χ0) is 36.6. The number of ether oxygens (including phenoxy) is 1. The van der Waals surface area contributed by atoms with Crippen LogP contribution in [0.5, 0.6) is 5.75 Å². The normalized spacial score (nSPS) is 40.7. The van der Waals surface area contributed by atoms with Crippen LogP contribution in [0.25, 0.3) is 10.9 Å². The number of Topliss-reactive ketones (excluding diaryl/α,β-unsaturated/α-hetero) is 1. The molecular formula is C43H56N4O5. The van der Waals surface area contributed by atoms with Gasteiger partial charge in [-0.1, -0.05) is 44.2 Å². The van der Waals surface area contributed by atoms with Gasteiger partial charge in [0.05, 0.1) is 18.8 Å². The number of H-pyrrole nitrogens is 1. The van der Waals surface area contributed by atoms with Gasteiger partial charge in [0.15, 0.2) is 11.4 Å². The summed E-state index contributed by atoms with van der Waals surface area (Å²) in [6.45, 7) is 12.1. The van der Waals surface area contributed by atoms with Crippen LogP contribution in [0.2, 0.25) is 0 Å². The summed E-state index contributed by atoms with van der Waals surface area (Å²) < 4.78 is 6.39. The van der Waals surface area contributed by atoms with Crippen LogP contribution in [0.3, 0.4) is 0 Å². The number of rotatable bonds is 5. The Balaban J connectivity index is 1.31. The molecule has 1 saturated carbocycles. The number of aliphatic hydroxyl groups excluding tert-OH is 1. The number of carbonyl (C=O) groups excluding carboxylic acids is 1. The Hall–Kier alpha value is -3.21. The Labute approximate surface area is 307 Å². The number of nitrogens with one attached hydrogen (secondary N) is 1. The summed E-state index contributed by atoms with van der Waals surface area (Å²) in [5.41, 5.74) is 2.19. The maximum atomic E-state index is 13.8. The van der Waals surface area contributed by atoms with E-state index in [-0.39, 0.29) is 12.0 Å². The summed E-state index contributed by atoms with van der Waals surface area (Å²) in [5, 5.41) is 38.2. The third-order valence-corrected chi connectivity index (χ3v) is 15.2. The molecule has 2 bridgehead atoms. The number of carbonyl (C=O) groups is 1. The zero-order valence-electron chi connectivity index (χ0n) is 31.7. The Morgan fingerprint density at radius 1 is 1.06 bits per heavy atom. The Morgan fingerprint density at radius 3 is 2.58 bits per heavy atom. The predicted molar refractivity (Wildman–Crippen MR) is 203 cm³/mol. The van der Waals surface area contributed by atoms with Gasteiger partial charge in [0.1, 0.15) is 11.9 Å². The maximum absolute atomic E-state index is 13.8. The van der Waals surface area contributed by atoms with E-state index in [1.54, 1.807) is 7.11 Å². The van der Waals surface area contributed by atoms with Crippen molar-refractivity contribution in [1.29, 1.82) is 0 Å². The molecule has 1 aliphatic carbocycles. The van der Waals surface area contributed by atoms with Crippen molar-refractivity contribution < 1.29 is 24.9 Å². The summed E-state index contributed by atoms with van der Waals surface area (Å²) >= 11 is 0. The van der Waals surface area contributed by atoms with Crippen molar-refractivity contribution in [2.45, 2.75) is 106 Å². The molecule has 278 valence electrons. The second-order valence-corrected chi connectivity index (χ2v) is 17.6. The summed E-state index contributed by atoms with van der Waals surface area (Å²) in [6.07, 6.45) is 7.53. The Bertz CT molecular complexity index is 1990. The van der Waals surface area contributed by atoms with Crippen molar-refractivity contribution in [3.63, 3.8) is 0 Å². The summed E-state index contributed by atoms with van der Waals surface area (Å²) in [5.74, 6) is 0.632. The van der Waals surface area contributed by atoms with Gasteiger partial charge in [-0.15, -0.1) is 0 Å². The van der Waals surface area contributed by atoms with Gasteiger partial charge in [-0.05, 0) is 88.1 Å². The van der Waals surface area contributed by atoms with Crippen LogP contribution in [-0.4, -0.2) is 112 Å². The molecule has 9 rings (SSSR count). The van der Waals surface area contributed by atoms with E-state index < -0.39 is 45.4 Å². The molecule has 4 N–H and O–H groups in total. The second-order valence-electron chi connectivity index (χ2n) is 17.6. The zero-order valence-corrected chi connectivity index (χ0v) is 31.7. The van der Waals surface area contributed by atoms with Gasteiger partial charge in [-0.25, -0.2) is 0 Å². The molecule has 9 nitrogen and oxygen atoms in total. The average molecular weight is 709 g/mol. The van der Waals surface area contributed by atoms with E-state index in [2.05, 4.69) is 89.0 Å². The van der Waals surface area contributed by atoms with E-state index in [0.717, 1.165) is 86.4 Å². The molecule has 5 aliphatic heterocycles. The minimum atomic E-state index is -1.98. The van der Waals surface area contributed by atoms with Crippen LogP contribution in [0.1, 0.15) is 82.2 Å². The topological polar surface area (TPSA) is 112 Å². The number of nitrogens with zero attached hydrogens (tertiary/aromatic N) is 3. The fraction of sp³-hybridized carbons (Fsp3) is 0.605. The molecule has 10 atom stereocenters. The summed E-state index contributed by atoms with van der Waals surface area (Å²) in [4.78, 5) is 24.8. The monoisotopic (exact) mass is 708 g/mol. The fourth-order valence-corrected chi connectivity index (χ4v) is 13.0. The van der Waals surface area contributed by atoms with Crippen LogP contribution in [0.15, 0.2) is 48.6 Å². The van der Waals surface area contributed by atoms with Crippen LogP contribution in [-0.2, 0) is 22.0 Å². The molecule has 6 aliphatic rings. The average Bonchev–Trinajstić information content (AvgIpc) is 3.79. The van der Waals surface area contributed by atoms with E-state index in [1.807, 2.05) is 7.05 Å². The fourth-order valence-electron chi connectivity index (χ4n) is 13.0. The molecule has 0 amide bonds. The molecule has 2 saturated heterocycles. The standard InChI is InChI=1S/C43H56N4O5/c1-7-40(50)23-27-22-39(4,35-29(14-18-46(24-27)25-40)28-12-9-10-13-32(28)44-35)31-20-30-33(21-34(31)52-6)45(5)37-42(30)16-19-47-17-11-15-41(8-2,36(42)47)38(49)43(37,51)26(3)48/h9-13,15,20-21,27,36-38,44,49-51H,7-8,14,16-19,22-25H2,1-6H3/t27-,36+,37?,38+,39+,40-,41+,42+,43-/m0/s1. The third kappa shape index (κ3) is 4.20. The van der Waals surface area contributed by atoms with Crippen LogP contribution < -0.4 is 9.64 Å². The minimum Gasteiger partial charge on any atom is -0.496 e. The highest BCUT2D eigenvalue weighted by molar-refractivity contribution is 5.90. The molecule has 2 unspecified atom stereocenters. The number of anilines is 1. The number of aromatic amines is 1. The first kappa shape index (κ1) is 34.6. The Morgan fingerprint density at radius 2 is 1.85 bits per heavy atom. The molecule has 1 aromatic heterocycles. The lowest BCUT2D eigenvalue weighted by Gasteiger charge is -2.63. The number of hydrogen-bond acceptors (Lipinski definition) is 8. The first-order valence-corrected chi connectivity index (χ1v) is 19.6. The number of para-hydroxylation sites is 1. The lowest BCUT2D eigenvalue weighted by atomic mass is 9.47. The number of aliphatic hydroxyl groups is 3. The molecule has 3 fully saturated rings.